The van der Waals surface area contributed by atoms with E-state index in [0.29, 0.717) is 17.8 Å². The van der Waals surface area contributed by atoms with Crippen molar-refractivity contribution in [3.05, 3.63) is 81.2 Å². The smallest absolute Gasteiger partial charge is 0.373 e. The average Bonchev–Trinajstić information content (AvgIpc) is 2.80. The Hall–Kier alpha value is -3.79. The number of anilines is 1. The fraction of sp³-hybridized carbons (Fsp3) is 0.0952. The molecule has 0 amide bonds. The fourth-order valence-corrected chi connectivity index (χ4v) is 3.41. The van der Waals surface area contributed by atoms with Crippen molar-refractivity contribution in [1.82, 2.24) is 15.0 Å². The number of nitrogens with zero attached hydrogens (tertiary/aromatic N) is 4. The van der Waals surface area contributed by atoms with Crippen molar-refractivity contribution in [2.24, 2.45) is 0 Å². The zero-order valence-electron chi connectivity index (χ0n) is 16.3. The highest BCUT2D eigenvalue weighted by Gasteiger charge is 2.25. The van der Waals surface area contributed by atoms with Gasteiger partial charge in [-0.3, -0.25) is 15.1 Å². The molecule has 31 heavy (non-hydrogen) atoms. The maximum Gasteiger partial charge on any atom is 0.373 e. The summed E-state index contributed by atoms with van der Waals surface area (Å²) in [7, 11) is 1.59. The van der Waals surface area contributed by atoms with Gasteiger partial charge in [-0.2, -0.15) is 4.98 Å². The fourth-order valence-electron chi connectivity index (χ4n) is 2.96. The first-order valence-corrected chi connectivity index (χ1v) is 9.93. The molecule has 2 aromatic heterocycles. The quantitative estimate of drug-likeness (QED) is 0.286. The summed E-state index contributed by atoms with van der Waals surface area (Å²) in [5.41, 5.74) is 1.10. The maximum atomic E-state index is 11.8. The first-order valence-electron chi connectivity index (χ1n) is 9.14. The molecule has 156 valence electrons. The van der Waals surface area contributed by atoms with Gasteiger partial charge >= 0.3 is 11.6 Å². The number of rotatable bonds is 7. The summed E-state index contributed by atoms with van der Waals surface area (Å²) >= 11 is 3.47. The van der Waals surface area contributed by atoms with Gasteiger partial charge in [-0.1, -0.05) is 34.1 Å². The van der Waals surface area contributed by atoms with Crippen LogP contribution in [0.1, 0.15) is 5.56 Å². The van der Waals surface area contributed by atoms with Gasteiger partial charge in [-0.05, 0) is 35.9 Å². The second-order valence-corrected chi connectivity index (χ2v) is 7.24. The predicted molar refractivity (Wildman–Crippen MR) is 119 cm³/mol. The van der Waals surface area contributed by atoms with E-state index >= 15 is 0 Å². The van der Waals surface area contributed by atoms with Crippen molar-refractivity contribution in [1.29, 1.82) is 0 Å². The zero-order valence-corrected chi connectivity index (χ0v) is 17.9. The maximum absolute atomic E-state index is 11.8. The monoisotopic (exact) mass is 481 g/mol. The van der Waals surface area contributed by atoms with E-state index in [9.17, 15) is 10.1 Å². The summed E-state index contributed by atoms with van der Waals surface area (Å²) in [6.07, 6.45) is 2.84. The lowest BCUT2D eigenvalue weighted by molar-refractivity contribution is -0.385. The molecule has 1 N–H and O–H groups in total. The largest absolute Gasteiger partial charge is 0.497 e. The number of hydrogen-bond acceptors (Lipinski definition) is 8. The highest BCUT2D eigenvalue weighted by atomic mass is 79.9. The molecule has 9 nitrogen and oxygen atoms in total. The number of fused-ring (bicyclic) bond motifs is 1. The minimum atomic E-state index is -0.569. The van der Waals surface area contributed by atoms with Crippen LogP contribution in [-0.2, 0) is 6.54 Å². The molecule has 0 unspecified atom stereocenters. The standard InChI is InChI=1S/C21H16BrN5O4/c1-30-14-6-4-13(5-7-14)11-24-20-19(27(28)29)21(26-12-25-20)31-17-9-8-16(22)15-3-2-10-23-18(15)17/h2-10,12H,11H2,1H3,(H,24,25,26). The summed E-state index contributed by atoms with van der Waals surface area (Å²) in [6.45, 7) is 0.323. The van der Waals surface area contributed by atoms with Crippen LogP contribution >= 0.6 is 15.9 Å². The van der Waals surface area contributed by atoms with Gasteiger partial charge in [0.15, 0.2) is 5.75 Å². The molecular weight excluding hydrogens is 466 g/mol. The Morgan fingerprint density at radius 2 is 1.90 bits per heavy atom. The van der Waals surface area contributed by atoms with Crippen LogP contribution in [0, 0.1) is 10.1 Å². The van der Waals surface area contributed by atoms with Gasteiger partial charge in [0, 0.05) is 22.6 Å². The van der Waals surface area contributed by atoms with Gasteiger partial charge in [0.05, 0.1) is 12.0 Å². The number of pyridine rings is 1. The molecule has 2 heterocycles. The molecule has 0 aliphatic carbocycles. The number of ether oxygens (including phenoxy) is 2. The van der Waals surface area contributed by atoms with E-state index in [2.05, 4.69) is 36.2 Å². The van der Waals surface area contributed by atoms with E-state index in [0.717, 1.165) is 21.2 Å². The van der Waals surface area contributed by atoms with E-state index in [1.165, 1.54) is 6.33 Å². The molecule has 4 rings (SSSR count). The first-order chi connectivity index (χ1) is 15.1. The zero-order chi connectivity index (χ0) is 21.8. The topological polar surface area (TPSA) is 112 Å². The van der Waals surface area contributed by atoms with Crippen LogP contribution in [0.25, 0.3) is 10.9 Å². The van der Waals surface area contributed by atoms with Gasteiger partial charge < -0.3 is 14.8 Å². The van der Waals surface area contributed by atoms with Crippen molar-refractivity contribution in [3.63, 3.8) is 0 Å². The first kappa shape index (κ1) is 20.5. The lowest BCUT2D eigenvalue weighted by Gasteiger charge is -2.11. The molecule has 0 bridgehead atoms. The Morgan fingerprint density at radius 3 is 2.65 bits per heavy atom. The third kappa shape index (κ3) is 4.38. The number of benzene rings is 2. The highest BCUT2D eigenvalue weighted by Crippen LogP contribution is 2.37. The normalized spacial score (nSPS) is 10.6. The van der Waals surface area contributed by atoms with Crippen molar-refractivity contribution >= 4 is 38.3 Å². The summed E-state index contributed by atoms with van der Waals surface area (Å²) in [5, 5.41) is 15.6. The molecule has 0 aliphatic rings. The van der Waals surface area contributed by atoms with Gasteiger partial charge in [-0.25, -0.2) is 4.98 Å². The molecule has 10 heteroatoms. The van der Waals surface area contributed by atoms with E-state index < -0.39 is 4.92 Å². The molecule has 0 saturated heterocycles. The van der Waals surface area contributed by atoms with Gasteiger partial charge in [0.2, 0.25) is 5.82 Å². The lowest BCUT2D eigenvalue weighted by Crippen LogP contribution is -2.07. The summed E-state index contributed by atoms with van der Waals surface area (Å²) in [6, 6.07) is 14.5. The van der Waals surface area contributed by atoms with Gasteiger partial charge in [0.1, 0.15) is 17.6 Å². The molecular formula is C21H16BrN5O4. The number of methoxy groups -OCH3 is 1. The van der Waals surface area contributed by atoms with Crippen LogP contribution in [0.15, 0.2) is 65.5 Å². The number of nitro groups is 1. The second kappa shape index (κ2) is 8.92. The molecule has 2 aromatic carbocycles. The molecule has 0 radical (unpaired) electrons. The van der Waals surface area contributed by atoms with Crippen LogP contribution in [-0.4, -0.2) is 27.0 Å². The number of halogens is 1. The Labute approximate surface area is 185 Å². The summed E-state index contributed by atoms with van der Waals surface area (Å²) in [5.74, 6) is 0.955. The van der Waals surface area contributed by atoms with Crippen LogP contribution in [0.5, 0.6) is 17.4 Å². The van der Waals surface area contributed by atoms with Crippen LogP contribution in [0.4, 0.5) is 11.5 Å². The predicted octanol–water partition coefficient (Wildman–Crippen LogP) is 5.11. The SMILES string of the molecule is COc1ccc(CNc2ncnc(Oc3ccc(Br)c4cccnc34)c2[N+](=O)[O-])cc1. The molecule has 0 saturated carbocycles. The lowest BCUT2D eigenvalue weighted by atomic mass is 10.2. The Morgan fingerprint density at radius 1 is 1.10 bits per heavy atom. The number of hydrogen-bond donors (Lipinski definition) is 1. The molecule has 4 aromatic rings. The highest BCUT2D eigenvalue weighted by molar-refractivity contribution is 9.10. The van der Waals surface area contributed by atoms with E-state index in [1.807, 2.05) is 30.3 Å². The molecule has 0 atom stereocenters. The molecule has 0 spiro atoms. The molecule has 0 fully saturated rings. The molecule has 0 aliphatic heterocycles. The van der Waals surface area contributed by atoms with Crippen molar-refractivity contribution in [2.75, 3.05) is 12.4 Å². The third-order valence-corrected chi connectivity index (χ3v) is 5.17. The number of nitrogens with one attached hydrogen (secondary N) is 1. The summed E-state index contributed by atoms with van der Waals surface area (Å²) < 4.78 is 11.8. The van der Waals surface area contributed by atoms with Crippen LogP contribution < -0.4 is 14.8 Å². The average molecular weight is 482 g/mol. The van der Waals surface area contributed by atoms with E-state index in [-0.39, 0.29) is 17.4 Å². The minimum absolute atomic E-state index is 0.0557. The van der Waals surface area contributed by atoms with Crippen molar-refractivity contribution < 1.29 is 14.4 Å². The van der Waals surface area contributed by atoms with Gasteiger partial charge in [-0.15, -0.1) is 0 Å². The van der Waals surface area contributed by atoms with E-state index in [4.69, 9.17) is 9.47 Å². The third-order valence-electron chi connectivity index (χ3n) is 4.48. The Kier molecular flexibility index (Phi) is 5.89. The minimum Gasteiger partial charge on any atom is -0.497 e. The Balaban J connectivity index is 1.65. The van der Waals surface area contributed by atoms with Crippen LogP contribution in [0.3, 0.4) is 0 Å². The summed E-state index contributed by atoms with van der Waals surface area (Å²) in [4.78, 5) is 23.6. The van der Waals surface area contributed by atoms with Gasteiger partial charge in [0.25, 0.3) is 0 Å². The van der Waals surface area contributed by atoms with Crippen LogP contribution in [0.2, 0.25) is 0 Å². The Bertz CT molecular complexity index is 1250. The van der Waals surface area contributed by atoms with Crippen molar-refractivity contribution in [3.8, 4) is 17.4 Å². The number of aromatic nitrogens is 3. The van der Waals surface area contributed by atoms with Crippen molar-refractivity contribution in [2.45, 2.75) is 6.54 Å². The second-order valence-electron chi connectivity index (χ2n) is 6.38. The van der Waals surface area contributed by atoms with E-state index in [1.54, 1.807) is 31.5 Å².